The molecule has 7 nitrogen and oxygen atoms in total. The first-order chi connectivity index (χ1) is 15.5. The second kappa shape index (κ2) is 12.1. The smallest absolute Gasteiger partial charge is 0.321 e. The first-order valence-electron chi connectivity index (χ1n) is 11.2. The average molecular weight is 440 g/mol. The number of nitrogens with zero attached hydrogens (tertiary/aromatic N) is 1. The maximum absolute atomic E-state index is 12.6. The number of urea groups is 1. The van der Waals surface area contributed by atoms with E-state index in [-0.39, 0.29) is 23.9 Å². The van der Waals surface area contributed by atoms with Gasteiger partial charge in [0.05, 0.1) is 13.2 Å². The third kappa shape index (κ3) is 7.57. The number of benzene rings is 2. The largest absolute Gasteiger partial charge is 0.491 e. The minimum atomic E-state index is -0.137. The Kier molecular flexibility index (Phi) is 8.92. The van der Waals surface area contributed by atoms with Crippen molar-refractivity contribution in [3.8, 4) is 5.75 Å². The van der Waals surface area contributed by atoms with E-state index in [1.807, 2.05) is 68.4 Å². The molecule has 0 bridgehead atoms. The van der Waals surface area contributed by atoms with Gasteiger partial charge in [0.15, 0.2) is 0 Å². The number of piperidine rings is 1. The number of para-hydroxylation sites is 1. The summed E-state index contributed by atoms with van der Waals surface area (Å²) in [4.78, 5) is 26.6. The van der Waals surface area contributed by atoms with Gasteiger partial charge in [-0.1, -0.05) is 30.3 Å². The average Bonchev–Trinajstić information content (AvgIpc) is 2.79. The summed E-state index contributed by atoms with van der Waals surface area (Å²) in [6.07, 6.45) is 1.37. The molecule has 2 aromatic rings. The molecule has 0 aliphatic carbocycles. The fourth-order valence-corrected chi connectivity index (χ4v) is 3.61. The SMILES string of the molecule is CC(C)NC(=O)C1CCN(C(=O)Nc2cccc(COCCOc3ccccc3)c2)CC1. The molecule has 32 heavy (non-hydrogen) atoms. The van der Waals surface area contributed by atoms with Crippen LogP contribution in [-0.4, -0.2) is 49.2 Å². The molecule has 0 aromatic heterocycles. The molecule has 0 atom stereocenters. The van der Waals surface area contributed by atoms with Gasteiger partial charge in [-0.25, -0.2) is 4.79 Å². The van der Waals surface area contributed by atoms with E-state index in [1.54, 1.807) is 4.90 Å². The van der Waals surface area contributed by atoms with Gasteiger partial charge in [-0.15, -0.1) is 0 Å². The molecule has 0 radical (unpaired) electrons. The van der Waals surface area contributed by atoms with Gasteiger partial charge in [-0.3, -0.25) is 4.79 Å². The van der Waals surface area contributed by atoms with Crippen LogP contribution in [0.1, 0.15) is 32.3 Å². The summed E-state index contributed by atoms with van der Waals surface area (Å²) in [5.74, 6) is 0.889. The number of carbonyl (C=O) groups excluding carboxylic acids is 2. The van der Waals surface area contributed by atoms with E-state index in [2.05, 4.69) is 10.6 Å². The molecule has 1 saturated heterocycles. The van der Waals surface area contributed by atoms with Gasteiger partial charge in [0.2, 0.25) is 5.91 Å². The predicted octanol–water partition coefficient (Wildman–Crippen LogP) is 4.05. The van der Waals surface area contributed by atoms with Crippen molar-refractivity contribution in [1.29, 1.82) is 0 Å². The highest BCUT2D eigenvalue weighted by Crippen LogP contribution is 2.19. The number of hydrogen-bond acceptors (Lipinski definition) is 4. The minimum absolute atomic E-state index is 0.0206. The maximum Gasteiger partial charge on any atom is 0.321 e. The number of amides is 3. The van der Waals surface area contributed by atoms with Crippen LogP contribution >= 0.6 is 0 Å². The minimum Gasteiger partial charge on any atom is -0.491 e. The van der Waals surface area contributed by atoms with Gasteiger partial charge in [-0.2, -0.15) is 0 Å². The fourth-order valence-electron chi connectivity index (χ4n) is 3.61. The van der Waals surface area contributed by atoms with E-state index in [1.165, 1.54) is 0 Å². The van der Waals surface area contributed by atoms with E-state index in [0.717, 1.165) is 17.0 Å². The topological polar surface area (TPSA) is 79.9 Å². The summed E-state index contributed by atoms with van der Waals surface area (Å²) in [5, 5.41) is 5.92. The zero-order valence-corrected chi connectivity index (χ0v) is 18.9. The Morgan fingerprint density at radius 1 is 1.03 bits per heavy atom. The van der Waals surface area contributed by atoms with Crippen LogP contribution in [0, 0.1) is 5.92 Å². The van der Waals surface area contributed by atoms with Gasteiger partial charge in [0.1, 0.15) is 12.4 Å². The van der Waals surface area contributed by atoms with E-state index < -0.39 is 0 Å². The van der Waals surface area contributed by atoms with Crippen LogP contribution in [0.2, 0.25) is 0 Å². The van der Waals surface area contributed by atoms with Gasteiger partial charge in [-0.05, 0) is 56.5 Å². The van der Waals surface area contributed by atoms with Crippen molar-refractivity contribution in [2.75, 3.05) is 31.6 Å². The van der Waals surface area contributed by atoms with Crippen LogP contribution in [-0.2, 0) is 16.1 Å². The summed E-state index contributed by atoms with van der Waals surface area (Å²) < 4.78 is 11.3. The van der Waals surface area contributed by atoms with Crippen LogP contribution in [0.25, 0.3) is 0 Å². The molecule has 0 unspecified atom stereocenters. The lowest BCUT2D eigenvalue weighted by Gasteiger charge is -2.31. The van der Waals surface area contributed by atoms with Crippen molar-refractivity contribution in [2.24, 2.45) is 5.92 Å². The molecule has 0 spiro atoms. The Hall–Kier alpha value is -3.06. The van der Waals surface area contributed by atoms with Crippen molar-refractivity contribution in [2.45, 2.75) is 39.3 Å². The van der Waals surface area contributed by atoms with E-state index in [4.69, 9.17) is 9.47 Å². The van der Waals surface area contributed by atoms with Gasteiger partial charge < -0.3 is 25.0 Å². The molecule has 1 heterocycles. The monoisotopic (exact) mass is 439 g/mol. The van der Waals surface area contributed by atoms with Crippen molar-refractivity contribution in [1.82, 2.24) is 10.2 Å². The lowest BCUT2D eigenvalue weighted by Crippen LogP contribution is -2.45. The zero-order valence-electron chi connectivity index (χ0n) is 18.9. The molecular formula is C25H33N3O4. The van der Waals surface area contributed by atoms with Crippen molar-refractivity contribution < 1.29 is 19.1 Å². The van der Waals surface area contributed by atoms with Crippen LogP contribution in [0.3, 0.4) is 0 Å². The third-order valence-electron chi connectivity index (χ3n) is 5.27. The molecule has 7 heteroatoms. The fraction of sp³-hybridized carbons (Fsp3) is 0.440. The predicted molar refractivity (Wildman–Crippen MR) is 125 cm³/mol. The van der Waals surface area contributed by atoms with Crippen LogP contribution in [0.15, 0.2) is 54.6 Å². The number of likely N-dealkylation sites (tertiary alicyclic amines) is 1. The normalized spacial score (nSPS) is 14.3. The number of anilines is 1. The molecule has 172 valence electrons. The van der Waals surface area contributed by atoms with E-state index in [9.17, 15) is 9.59 Å². The summed E-state index contributed by atoms with van der Waals surface area (Å²) >= 11 is 0. The zero-order chi connectivity index (χ0) is 22.8. The van der Waals surface area contributed by atoms with Crippen LogP contribution in [0.5, 0.6) is 5.75 Å². The van der Waals surface area contributed by atoms with Crippen molar-refractivity contribution in [3.05, 3.63) is 60.2 Å². The maximum atomic E-state index is 12.6. The van der Waals surface area contributed by atoms with Crippen LogP contribution < -0.4 is 15.4 Å². The first kappa shape index (κ1) is 23.6. The number of rotatable bonds is 9. The molecule has 1 aliphatic rings. The lowest BCUT2D eigenvalue weighted by atomic mass is 9.96. The summed E-state index contributed by atoms with van der Waals surface area (Å²) in [7, 11) is 0. The highest BCUT2D eigenvalue weighted by molar-refractivity contribution is 5.89. The Labute approximate surface area is 190 Å². The number of carbonyl (C=O) groups is 2. The molecule has 1 aliphatic heterocycles. The third-order valence-corrected chi connectivity index (χ3v) is 5.27. The first-order valence-corrected chi connectivity index (χ1v) is 11.2. The Morgan fingerprint density at radius 3 is 2.50 bits per heavy atom. The van der Waals surface area contributed by atoms with Gasteiger partial charge in [0, 0.05) is 30.7 Å². The molecule has 3 amide bonds. The summed E-state index contributed by atoms with van der Waals surface area (Å²) in [6.45, 7) is 6.46. The summed E-state index contributed by atoms with van der Waals surface area (Å²) in [5.41, 5.74) is 1.71. The van der Waals surface area contributed by atoms with Gasteiger partial charge >= 0.3 is 6.03 Å². The molecule has 2 N–H and O–H groups in total. The number of hydrogen-bond donors (Lipinski definition) is 2. The number of nitrogens with one attached hydrogen (secondary N) is 2. The summed E-state index contributed by atoms with van der Waals surface area (Å²) in [6, 6.07) is 17.3. The Bertz CT molecular complexity index is 865. The standard InChI is InChI=1S/C25H33N3O4/c1-19(2)26-24(29)21-11-13-28(14-12-21)25(30)27-22-8-6-7-20(17-22)18-31-15-16-32-23-9-4-3-5-10-23/h3-10,17,19,21H,11-16,18H2,1-2H3,(H,26,29)(H,27,30). The molecule has 0 saturated carbocycles. The molecule has 3 rings (SSSR count). The highest BCUT2D eigenvalue weighted by atomic mass is 16.5. The Morgan fingerprint density at radius 2 is 1.78 bits per heavy atom. The highest BCUT2D eigenvalue weighted by Gasteiger charge is 2.27. The second-order valence-electron chi connectivity index (χ2n) is 8.27. The molecule has 2 aromatic carbocycles. The van der Waals surface area contributed by atoms with Crippen molar-refractivity contribution >= 4 is 17.6 Å². The second-order valence-corrected chi connectivity index (χ2v) is 8.27. The van der Waals surface area contributed by atoms with Crippen molar-refractivity contribution in [3.63, 3.8) is 0 Å². The lowest BCUT2D eigenvalue weighted by molar-refractivity contribution is -0.126. The molecule has 1 fully saturated rings. The molecular weight excluding hydrogens is 406 g/mol. The number of ether oxygens (including phenoxy) is 2. The van der Waals surface area contributed by atoms with E-state index in [0.29, 0.717) is 45.8 Å². The van der Waals surface area contributed by atoms with E-state index >= 15 is 0 Å². The Balaban J connectivity index is 1.38. The van der Waals surface area contributed by atoms with Gasteiger partial charge in [0.25, 0.3) is 0 Å². The van der Waals surface area contributed by atoms with Crippen LogP contribution in [0.4, 0.5) is 10.5 Å². The quantitative estimate of drug-likeness (QED) is 0.578.